The van der Waals surface area contributed by atoms with Crippen molar-refractivity contribution in [2.45, 2.75) is 6.42 Å². The smallest absolute Gasteiger partial charge is 0.290 e. The molecule has 7 heteroatoms. The minimum absolute atomic E-state index is 0.0151. The molecule has 3 aromatic rings. The molecule has 26 heavy (non-hydrogen) atoms. The summed E-state index contributed by atoms with van der Waals surface area (Å²) in [4.78, 5) is 16.7. The highest BCUT2D eigenvalue weighted by molar-refractivity contribution is 5.91. The number of aliphatic hydroxyl groups is 1. The standard InChI is InChI=1S/C19H20N4O3/c1-26-16-10-5-7-14(13-16)18-21-17(19(25)20-11-6-12-24)22-23(18)15-8-3-2-4-9-15/h2-5,7-10,13,24H,6,11-12H2,1H3,(H,20,25). The maximum Gasteiger partial charge on any atom is 0.290 e. The number of benzene rings is 2. The predicted molar refractivity (Wildman–Crippen MR) is 97.4 cm³/mol. The Morgan fingerprint density at radius 3 is 2.73 bits per heavy atom. The van der Waals surface area contributed by atoms with E-state index in [1.54, 1.807) is 11.8 Å². The van der Waals surface area contributed by atoms with E-state index >= 15 is 0 Å². The molecule has 0 spiro atoms. The lowest BCUT2D eigenvalue weighted by Crippen LogP contribution is -2.26. The molecule has 0 radical (unpaired) electrons. The van der Waals surface area contributed by atoms with Crippen LogP contribution < -0.4 is 10.1 Å². The first kappa shape index (κ1) is 17.6. The molecule has 2 aromatic carbocycles. The van der Waals surface area contributed by atoms with E-state index in [1.165, 1.54) is 0 Å². The number of ether oxygens (including phenoxy) is 1. The number of rotatable bonds is 7. The molecule has 0 atom stereocenters. The molecule has 1 heterocycles. The Morgan fingerprint density at radius 1 is 1.19 bits per heavy atom. The van der Waals surface area contributed by atoms with Gasteiger partial charge in [-0.25, -0.2) is 9.67 Å². The van der Waals surface area contributed by atoms with Crippen LogP contribution in [0.15, 0.2) is 54.6 Å². The van der Waals surface area contributed by atoms with Gasteiger partial charge in [-0.15, -0.1) is 5.10 Å². The molecule has 0 aliphatic rings. The summed E-state index contributed by atoms with van der Waals surface area (Å²) in [6.07, 6.45) is 0.480. The monoisotopic (exact) mass is 352 g/mol. The first-order valence-corrected chi connectivity index (χ1v) is 8.29. The summed E-state index contributed by atoms with van der Waals surface area (Å²) in [7, 11) is 1.60. The number of carbonyl (C=O) groups excluding carboxylic acids is 1. The topological polar surface area (TPSA) is 89.3 Å². The van der Waals surface area contributed by atoms with Crippen LogP contribution in [0.4, 0.5) is 0 Å². The minimum Gasteiger partial charge on any atom is -0.497 e. The van der Waals surface area contributed by atoms with Gasteiger partial charge in [-0.05, 0) is 30.7 Å². The lowest BCUT2D eigenvalue weighted by atomic mass is 10.2. The number of para-hydroxylation sites is 1. The Hall–Kier alpha value is -3.19. The summed E-state index contributed by atoms with van der Waals surface area (Å²) in [5.74, 6) is 0.934. The summed E-state index contributed by atoms with van der Waals surface area (Å²) in [5, 5.41) is 15.9. The van der Waals surface area contributed by atoms with Gasteiger partial charge in [0, 0.05) is 18.7 Å². The van der Waals surface area contributed by atoms with E-state index < -0.39 is 0 Å². The summed E-state index contributed by atoms with van der Waals surface area (Å²) in [5.41, 5.74) is 1.59. The van der Waals surface area contributed by atoms with Crippen LogP contribution in [-0.4, -0.2) is 46.0 Å². The molecule has 0 bridgehead atoms. The van der Waals surface area contributed by atoms with Crippen LogP contribution in [0.2, 0.25) is 0 Å². The number of hydrogen-bond acceptors (Lipinski definition) is 5. The van der Waals surface area contributed by atoms with Gasteiger partial charge in [0.15, 0.2) is 5.82 Å². The van der Waals surface area contributed by atoms with Crippen molar-refractivity contribution in [2.75, 3.05) is 20.3 Å². The Morgan fingerprint density at radius 2 is 2.00 bits per heavy atom. The molecular formula is C19H20N4O3. The zero-order chi connectivity index (χ0) is 18.4. The number of nitrogens with one attached hydrogen (secondary N) is 1. The highest BCUT2D eigenvalue weighted by Gasteiger charge is 2.18. The van der Waals surface area contributed by atoms with Crippen molar-refractivity contribution in [3.05, 3.63) is 60.4 Å². The third kappa shape index (κ3) is 3.89. The highest BCUT2D eigenvalue weighted by atomic mass is 16.5. The van der Waals surface area contributed by atoms with Gasteiger partial charge in [-0.2, -0.15) is 0 Å². The van der Waals surface area contributed by atoms with Crippen LogP contribution in [0.5, 0.6) is 5.75 Å². The van der Waals surface area contributed by atoms with E-state index in [1.807, 2.05) is 54.6 Å². The normalized spacial score (nSPS) is 10.5. The largest absolute Gasteiger partial charge is 0.497 e. The third-order valence-electron chi connectivity index (χ3n) is 3.76. The van der Waals surface area contributed by atoms with Crippen molar-refractivity contribution in [3.8, 4) is 22.8 Å². The van der Waals surface area contributed by atoms with Gasteiger partial charge in [0.2, 0.25) is 5.82 Å². The van der Waals surface area contributed by atoms with Crippen LogP contribution in [0.3, 0.4) is 0 Å². The molecule has 0 fully saturated rings. The van der Waals surface area contributed by atoms with Gasteiger partial charge >= 0.3 is 0 Å². The zero-order valence-corrected chi connectivity index (χ0v) is 14.4. The number of amides is 1. The van der Waals surface area contributed by atoms with Crippen LogP contribution in [0.25, 0.3) is 17.1 Å². The quantitative estimate of drug-likeness (QED) is 0.635. The van der Waals surface area contributed by atoms with Crippen molar-refractivity contribution in [1.29, 1.82) is 0 Å². The Balaban J connectivity index is 2.02. The van der Waals surface area contributed by atoms with E-state index in [4.69, 9.17) is 9.84 Å². The van der Waals surface area contributed by atoms with E-state index in [0.717, 1.165) is 11.3 Å². The van der Waals surface area contributed by atoms with Gasteiger partial charge in [0.25, 0.3) is 5.91 Å². The minimum atomic E-state index is -0.378. The average Bonchev–Trinajstić information content (AvgIpc) is 3.14. The molecule has 7 nitrogen and oxygen atoms in total. The lowest BCUT2D eigenvalue weighted by molar-refractivity contribution is 0.0941. The summed E-state index contributed by atoms with van der Waals surface area (Å²) < 4.78 is 6.92. The van der Waals surface area contributed by atoms with Crippen LogP contribution in [-0.2, 0) is 0 Å². The molecule has 0 saturated carbocycles. The SMILES string of the molecule is COc1cccc(-c2nc(C(=O)NCCCO)nn2-c2ccccc2)c1. The summed E-state index contributed by atoms with van der Waals surface area (Å²) in [6, 6.07) is 16.9. The number of hydrogen-bond donors (Lipinski definition) is 2. The van der Waals surface area contributed by atoms with Crippen molar-refractivity contribution in [2.24, 2.45) is 0 Å². The first-order valence-electron chi connectivity index (χ1n) is 8.29. The fourth-order valence-corrected chi connectivity index (χ4v) is 2.47. The van der Waals surface area contributed by atoms with Crippen molar-refractivity contribution in [1.82, 2.24) is 20.1 Å². The molecule has 0 unspecified atom stereocenters. The van der Waals surface area contributed by atoms with E-state index in [2.05, 4.69) is 15.4 Å². The number of aliphatic hydroxyl groups excluding tert-OH is 1. The number of methoxy groups -OCH3 is 1. The van der Waals surface area contributed by atoms with E-state index in [0.29, 0.717) is 24.5 Å². The molecule has 1 aromatic heterocycles. The average molecular weight is 352 g/mol. The van der Waals surface area contributed by atoms with E-state index in [-0.39, 0.29) is 18.3 Å². The molecular weight excluding hydrogens is 332 g/mol. The lowest BCUT2D eigenvalue weighted by Gasteiger charge is -2.07. The van der Waals surface area contributed by atoms with Gasteiger partial charge in [0.1, 0.15) is 5.75 Å². The van der Waals surface area contributed by atoms with Crippen molar-refractivity contribution >= 4 is 5.91 Å². The molecule has 134 valence electrons. The predicted octanol–water partition coefficient (Wildman–Crippen LogP) is 2.06. The van der Waals surface area contributed by atoms with Crippen LogP contribution in [0, 0.1) is 0 Å². The maximum absolute atomic E-state index is 12.3. The molecule has 2 N–H and O–H groups in total. The van der Waals surface area contributed by atoms with Crippen molar-refractivity contribution < 1.29 is 14.6 Å². The second-order valence-electron chi connectivity index (χ2n) is 5.57. The van der Waals surface area contributed by atoms with Gasteiger partial charge in [-0.3, -0.25) is 4.79 Å². The second-order valence-corrected chi connectivity index (χ2v) is 5.57. The fraction of sp³-hybridized carbons (Fsp3) is 0.211. The highest BCUT2D eigenvalue weighted by Crippen LogP contribution is 2.24. The van der Waals surface area contributed by atoms with Gasteiger partial charge in [0.05, 0.1) is 12.8 Å². The summed E-state index contributed by atoms with van der Waals surface area (Å²) >= 11 is 0. The molecule has 0 aliphatic heterocycles. The molecule has 0 saturated heterocycles. The number of nitrogens with zero attached hydrogens (tertiary/aromatic N) is 3. The Kier molecular flexibility index (Phi) is 5.60. The molecule has 1 amide bonds. The van der Waals surface area contributed by atoms with E-state index in [9.17, 15) is 4.79 Å². The Bertz CT molecular complexity index is 878. The zero-order valence-electron chi connectivity index (χ0n) is 14.4. The molecule has 0 aliphatic carbocycles. The number of aromatic nitrogens is 3. The maximum atomic E-state index is 12.3. The van der Waals surface area contributed by atoms with Gasteiger partial charge in [-0.1, -0.05) is 30.3 Å². The second kappa shape index (κ2) is 8.26. The first-order chi connectivity index (χ1) is 12.7. The Labute approximate surface area is 151 Å². The molecule has 3 rings (SSSR count). The summed E-state index contributed by atoms with van der Waals surface area (Å²) in [6.45, 7) is 0.380. The van der Waals surface area contributed by atoms with Crippen LogP contribution >= 0.6 is 0 Å². The van der Waals surface area contributed by atoms with Gasteiger partial charge < -0.3 is 15.2 Å². The fourth-order valence-electron chi connectivity index (χ4n) is 2.47. The van der Waals surface area contributed by atoms with Crippen LogP contribution in [0.1, 0.15) is 17.0 Å². The number of carbonyl (C=O) groups is 1. The third-order valence-corrected chi connectivity index (χ3v) is 3.76. The van der Waals surface area contributed by atoms with Crippen molar-refractivity contribution in [3.63, 3.8) is 0 Å².